The minimum absolute atomic E-state index is 0.371. The van der Waals surface area contributed by atoms with Gasteiger partial charge in [0.25, 0.3) is 0 Å². The standard InChI is InChI=1S/C10H19N3S/c1-4-10(2,3)7-12-5-8-6-13-9(11)14-8/h6,12H,4-5,7H2,1-3H3,(H2,11,13). The van der Waals surface area contributed by atoms with E-state index in [0.717, 1.165) is 13.1 Å². The Bertz CT molecular complexity index is 281. The van der Waals surface area contributed by atoms with E-state index in [0.29, 0.717) is 10.5 Å². The van der Waals surface area contributed by atoms with Crippen LogP contribution in [0.25, 0.3) is 0 Å². The molecule has 0 amide bonds. The molecule has 1 aromatic rings. The first-order chi connectivity index (χ1) is 6.53. The van der Waals surface area contributed by atoms with Crippen LogP contribution in [0, 0.1) is 5.41 Å². The number of anilines is 1. The van der Waals surface area contributed by atoms with Crippen LogP contribution >= 0.6 is 11.3 Å². The summed E-state index contributed by atoms with van der Waals surface area (Å²) in [6.45, 7) is 8.65. The van der Waals surface area contributed by atoms with Gasteiger partial charge in [0, 0.05) is 24.2 Å². The van der Waals surface area contributed by atoms with Gasteiger partial charge >= 0.3 is 0 Å². The van der Waals surface area contributed by atoms with Gasteiger partial charge in [0.1, 0.15) is 0 Å². The molecule has 0 fully saturated rings. The van der Waals surface area contributed by atoms with Gasteiger partial charge in [-0.1, -0.05) is 20.8 Å². The Balaban J connectivity index is 2.28. The number of hydrogen-bond acceptors (Lipinski definition) is 4. The van der Waals surface area contributed by atoms with Crippen molar-refractivity contribution < 1.29 is 0 Å². The summed E-state index contributed by atoms with van der Waals surface area (Å²) in [4.78, 5) is 5.21. The Hall–Kier alpha value is -0.610. The zero-order chi connectivity index (χ0) is 10.6. The highest BCUT2D eigenvalue weighted by molar-refractivity contribution is 7.15. The average molecular weight is 213 g/mol. The van der Waals surface area contributed by atoms with E-state index in [1.807, 2.05) is 6.20 Å². The number of nitrogen functional groups attached to an aromatic ring is 1. The van der Waals surface area contributed by atoms with Crippen LogP contribution in [-0.4, -0.2) is 11.5 Å². The molecule has 0 saturated heterocycles. The number of nitrogens with two attached hydrogens (primary N) is 1. The maximum atomic E-state index is 5.54. The maximum absolute atomic E-state index is 5.54. The van der Waals surface area contributed by atoms with Crippen LogP contribution in [0.1, 0.15) is 32.1 Å². The molecule has 0 aromatic carbocycles. The van der Waals surface area contributed by atoms with Crippen molar-refractivity contribution >= 4 is 16.5 Å². The van der Waals surface area contributed by atoms with E-state index in [9.17, 15) is 0 Å². The van der Waals surface area contributed by atoms with Crippen molar-refractivity contribution in [2.75, 3.05) is 12.3 Å². The molecule has 0 bridgehead atoms. The van der Waals surface area contributed by atoms with Gasteiger partial charge in [-0.15, -0.1) is 11.3 Å². The Morgan fingerprint density at radius 1 is 1.57 bits per heavy atom. The van der Waals surface area contributed by atoms with Crippen molar-refractivity contribution in [3.63, 3.8) is 0 Å². The molecule has 0 aliphatic heterocycles. The fraction of sp³-hybridized carbons (Fsp3) is 0.700. The molecule has 80 valence electrons. The molecule has 1 aromatic heterocycles. The third-order valence-electron chi connectivity index (χ3n) is 2.43. The second-order valence-corrected chi connectivity index (χ2v) is 5.43. The predicted octanol–water partition coefficient (Wildman–Crippen LogP) is 2.25. The molecule has 1 rings (SSSR count). The first-order valence-corrected chi connectivity index (χ1v) is 5.76. The lowest BCUT2D eigenvalue weighted by Gasteiger charge is -2.22. The Morgan fingerprint density at radius 2 is 2.29 bits per heavy atom. The smallest absolute Gasteiger partial charge is 0.180 e. The van der Waals surface area contributed by atoms with Crippen molar-refractivity contribution in [1.29, 1.82) is 0 Å². The van der Waals surface area contributed by atoms with Crippen LogP contribution in [0.15, 0.2) is 6.20 Å². The molecule has 0 saturated carbocycles. The van der Waals surface area contributed by atoms with Crippen molar-refractivity contribution in [1.82, 2.24) is 10.3 Å². The third-order valence-corrected chi connectivity index (χ3v) is 3.26. The van der Waals surface area contributed by atoms with E-state index in [1.165, 1.54) is 11.3 Å². The van der Waals surface area contributed by atoms with E-state index in [2.05, 4.69) is 31.1 Å². The molecule has 0 aliphatic carbocycles. The SMILES string of the molecule is CCC(C)(C)CNCc1cnc(N)s1. The fourth-order valence-corrected chi connectivity index (χ4v) is 1.71. The van der Waals surface area contributed by atoms with Crippen LogP contribution in [0.4, 0.5) is 5.13 Å². The summed E-state index contributed by atoms with van der Waals surface area (Å²) >= 11 is 1.55. The lowest BCUT2D eigenvalue weighted by Crippen LogP contribution is -2.28. The molecule has 3 N–H and O–H groups in total. The molecule has 0 aliphatic rings. The Kier molecular flexibility index (Phi) is 3.89. The highest BCUT2D eigenvalue weighted by atomic mass is 32.1. The van der Waals surface area contributed by atoms with Gasteiger partial charge < -0.3 is 11.1 Å². The van der Waals surface area contributed by atoms with Gasteiger partial charge in [-0.2, -0.15) is 0 Å². The fourth-order valence-electron chi connectivity index (χ4n) is 1.05. The van der Waals surface area contributed by atoms with Crippen LogP contribution in [0.3, 0.4) is 0 Å². The monoisotopic (exact) mass is 213 g/mol. The molecule has 1 heterocycles. The molecule has 0 unspecified atom stereocenters. The number of hydrogen-bond donors (Lipinski definition) is 2. The Morgan fingerprint density at radius 3 is 2.79 bits per heavy atom. The Labute approximate surface area is 89.7 Å². The third kappa shape index (κ3) is 3.64. The summed E-state index contributed by atoms with van der Waals surface area (Å²) in [5.74, 6) is 0. The van der Waals surface area contributed by atoms with Crippen LogP contribution in [0.2, 0.25) is 0 Å². The van der Waals surface area contributed by atoms with E-state index in [1.54, 1.807) is 11.3 Å². The second-order valence-electron chi connectivity index (χ2n) is 4.29. The first-order valence-electron chi connectivity index (χ1n) is 4.94. The summed E-state index contributed by atoms with van der Waals surface area (Å²) < 4.78 is 0. The quantitative estimate of drug-likeness (QED) is 0.788. The number of aromatic nitrogens is 1. The van der Waals surface area contributed by atoms with E-state index in [4.69, 9.17) is 5.73 Å². The van der Waals surface area contributed by atoms with Crippen LogP contribution < -0.4 is 11.1 Å². The molecular formula is C10H19N3S. The van der Waals surface area contributed by atoms with Crippen molar-refractivity contribution in [3.8, 4) is 0 Å². The van der Waals surface area contributed by atoms with Crippen LogP contribution in [0.5, 0.6) is 0 Å². The van der Waals surface area contributed by atoms with Gasteiger partial charge in [0.2, 0.25) is 0 Å². The maximum Gasteiger partial charge on any atom is 0.180 e. The lowest BCUT2D eigenvalue weighted by atomic mass is 9.90. The van der Waals surface area contributed by atoms with Crippen molar-refractivity contribution in [2.45, 2.75) is 33.7 Å². The highest BCUT2D eigenvalue weighted by Crippen LogP contribution is 2.19. The molecule has 4 heteroatoms. The molecule has 0 spiro atoms. The van der Waals surface area contributed by atoms with Crippen molar-refractivity contribution in [3.05, 3.63) is 11.1 Å². The predicted molar refractivity (Wildman–Crippen MR) is 62.3 cm³/mol. The minimum Gasteiger partial charge on any atom is -0.375 e. The van der Waals surface area contributed by atoms with Gasteiger partial charge in [-0.25, -0.2) is 4.98 Å². The number of nitrogens with one attached hydrogen (secondary N) is 1. The average Bonchev–Trinajstić information content (AvgIpc) is 2.51. The number of thiazole rings is 1. The molecule has 14 heavy (non-hydrogen) atoms. The molecular weight excluding hydrogens is 194 g/mol. The summed E-state index contributed by atoms with van der Waals surface area (Å²) in [5.41, 5.74) is 5.91. The number of rotatable bonds is 5. The second kappa shape index (κ2) is 4.75. The van der Waals surface area contributed by atoms with Gasteiger partial charge in [0.15, 0.2) is 5.13 Å². The topological polar surface area (TPSA) is 50.9 Å². The lowest BCUT2D eigenvalue weighted by molar-refractivity contribution is 0.328. The summed E-state index contributed by atoms with van der Waals surface area (Å²) in [6.07, 6.45) is 3.02. The minimum atomic E-state index is 0.371. The van der Waals surface area contributed by atoms with E-state index in [-0.39, 0.29) is 0 Å². The largest absolute Gasteiger partial charge is 0.375 e. The van der Waals surface area contributed by atoms with Crippen LogP contribution in [-0.2, 0) is 6.54 Å². The molecule has 0 atom stereocenters. The van der Waals surface area contributed by atoms with E-state index < -0.39 is 0 Å². The zero-order valence-corrected chi connectivity index (χ0v) is 9.95. The van der Waals surface area contributed by atoms with Gasteiger partial charge in [-0.3, -0.25) is 0 Å². The highest BCUT2D eigenvalue weighted by Gasteiger charge is 2.13. The van der Waals surface area contributed by atoms with E-state index >= 15 is 0 Å². The first kappa shape index (κ1) is 11.5. The summed E-state index contributed by atoms with van der Waals surface area (Å²) in [7, 11) is 0. The summed E-state index contributed by atoms with van der Waals surface area (Å²) in [6, 6.07) is 0. The van der Waals surface area contributed by atoms with Gasteiger partial charge in [-0.05, 0) is 11.8 Å². The molecule has 0 radical (unpaired) electrons. The zero-order valence-electron chi connectivity index (χ0n) is 9.13. The molecule has 3 nitrogen and oxygen atoms in total. The van der Waals surface area contributed by atoms with Crippen molar-refractivity contribution in [2.24, 2.45) is 5.41 Å². The number of nitrogens with zero attached hydrogens (tertiary/aromatic N) is 1. The normalized spacial score (nSPS) is 11.9. The van der Waals surface area contributed by atoms with Gasteiger partial charge in [0.05, 0.1) is 0 Å². The summed E-state index contributed by atoms with van der Waals surface area (Å²) in [5, 5.41) is 4.07.